The van der Waals surface area contributed by atoms with E-state index in [1.165, 1.54) is 6.07 Å². The molecule has 0 spiro atoms. The van der Waals surface area contributed by atoms with E-state index >= 15 is 0 Å². The smallest absolute Gasteiger partial charge is 0.390 e. The average Bonchev–Trinajstić information content (AvgIpc) is 2.40. The number of anilines is 2. The number of methoxy groups -OCH3 is 1. The summed E-state index contributed by atoms with van der Waals surface area (Å²) in [6.45, 7) is 0.341. The van der Waals surface area contributed by atoms with Gasteiger partial charge in [0.1, 0.15) is 11.4 Å². The molecule has 1 aromatic carbocycles. The number of halogens is 4. The summed E-state index contributed by atoms with van der Waals surface area (Å²) in [4.78, 5) is 11.3. The maximum Gasteiger partial charge on any atom is 0.390 e. The van der Waals surface area contributed by atoms with Crippen LogP contribution in [0.5, 0.6) is 0 Å². The minimum atomic E-state index is -4.19. The summed E-state index contributed by atoms with van der Waals surface area (Å²) in [5, 5.41) is 5.39. The molecule has 9 heteroatoms. The van der Waals surface area contributed by atoms with Crippen LogP contribution in [-0.4, -0.2) is 38.9 Å². The van der Waals surface area contributed by atoms with Crippen LogP contribution >= 0.6 is 0 Å². The number of benzene rings is 1. The third-order valence-electron chi connectivity index (χ3n) is 2.73. The Morgan fingerprint density at radius 2 is 1.95 bits per heavy atom. The summed E-state index contributed by atoms with van der Waals surface area (Å²) >= 11 is 0. The van der Waals surface area contributed by atoms with Crippen LogP contribution in [0.4, 0.5) is 28.9 Å². The lowest BCUT2D eigenvalue weighted by Gasteiger charge is -2.11. The fraction of sp³-hybridized carbons (Fsp3) is 0.462. The quantitative estimate of drug-likeness (QED) is 0.310. The van der Waals surface area contributed by atoms with E-state index in [9.17, 15) is 22.4 Å². The molecule has 1 rings (SSSR count). The van der Waals surface area contributed by atoms with Crippen LogP contribution in [0.15, 0.2) is 12.1 Å². The molecule has 0 unspecified atom stereocenters. The second-order valence-corrected chi connectivity index (χ2v) is 4.46. The highest BCUT2D eigenvalue weighted by Crippen LogP contribution is 2.22. The van der Waals surface area contributed by atoms with Gasteiger partial charge in [0.25, 0.3) is 0 Å². The third-order valence-corrected chi connectivity index (χ3v) is 2.73. The van der Waals surface area contributed by atoms with Crippen LogP contribution in [0.3, 0.4) is 0 Å². The Morgan fingerprint density at radius 1 is 1.27 bits per heavy atom. The third kappa shape index (κ3) is 5.76. The lowest BCUT2D eigenvalue weighted by molar-refractivity contribution is -0.133. The predicted molar refractivity (Wildman–Crippen MR) is 74.2 cm³/mol. The van der Waals surface area contributed by atoms with Gasteiger partial charge in [-0.15, -0.1) is 0 Å². The van der Waals surface area contributed by atoms with E-state index in [1.54, 1.807) is 0 Å². The van der Waals surface area contributed by atoms with Crippen molar-refractivity contribution in [2.75, 3.05) is 37.8 Å². The Balaban J connectivity index is 2.46. The molecule has 0 saturated heterocycles. The first-order valence-electron chi connectivity index (χ1n) is 6.43. The van der Waals surface area contributed by atoms with E-state index < -0.39 is 24.4 Å². The van der Waals surface area contributed by atoms with Gasteiger partial charge in [0.05, 0.1) is 19.2 Å². The highest BCUT2D eigenvalue weighted by molar-refractivity contribution is 5.96. The van der Waals surface area contributed by atoms with Gasteiger partial charge < -0.3 is 21.1 Å². The van der Waals surface area contributed by atoms with Crippen LogP contribution in [0.1, 0.15) is 16.8 Å². The first-order chi connectivity index (χ1) is 10.2. The second-order valence-electron chi connectivity index (χ2n) is 4.46. The van der Waals surface area contributed by atoms with Crippen molar-refractivity contribution in [3.05, 3.63) is 23.5 Å². The van der Waals surface area contributed by atoms with Gasteiger partial charge in [0.15, 0.2) is 0 Å². The normalized spacial score (nSPS) is 11.3. The Kier molecular flexibility index (Phi) is 6.41. The number of hydrogen-bond acceptors (Lipinski definition) is 5. The van der Waals surface area contributed by atoms with Crippen LogP contribution in [0.2, 0.25) is 0 Å². The summed E-state index contributed by atoms with van der Waals surface area (Å²) in [5.41, 5.74) is 5.46. The zero-order valence-electron chi connectivity index (χ0n) is 11.9. The number of nitrogens with two attached hydrogens (primary N) is 1. The Labute approximate surface area is 124 Å². The minimum absolute atomic E-state index is 0.0839. The largest absolute Gasteiger partial charge is 0.465 e. The summed E-state index contributed by atoms with van der Waals surface area (Å²) in [7, 11) is 1.11. The molecule has 1 aromatic rings. The van der Waals surface area contributed by atoms with Gasteiger partial charge in [-0.05, 0) is 12.1 Å². The fourth-order valence-corrected chi connectivity index (χ4v) is 1.70. The molecule has 0 atom stereocenters. The monoisotopic (exact) mass is 323 g/mol. The zero-order chi connectivity index (χ0) is 16.8. The molecular weight excluding hydrogens is 306 g/mol. The van der Waals surface area contributed by atoms with E-state index in [0.717, 1.165) is 13.2 Å². The van der Waals surface area contributed by atoms with E-state index in [1.807, 2.05) is 0 Å². The number of alkyl halides is 3. The maximum atomic E-state index is 13.7. The summed E-state index contributed by atoms with van der Waals surface area (Å²) in [6.07, 6.45) is -5.11. The fourth-order valence-electron chi connectivity index (χ4n) is 1.70. The van der Waals surface area contributed by atoms with Crippen molar-refractivity contribution < 1.29 is 27.1 Å². The molecule has 0 aliphatic rings. The van der Waals surface area contributed by atoms with Crippen LogP contribution < -0.4 is 16.4 Å². The average molecular weight is 323 g/mol. The van der Waals surface area contributed by atoms with Gasteiger partial charge in [-0.25, -0.2) is 9.18 Å². The molecule has 0 aliphatic carbocycles. The first kappa shape index (κ1) is 18.0. The van der Waals surface area contributed by atoms with Gasteiger partial charge in [-0.1, -0.05) is 0 Å². The molecule has 0 heterocycles. The van der Waals surface area contributed by atoms with Crippen molar-refractivity contribution in [3.8, 4) is 0 Å². The van der Waals surface area contributed by atoms with E-state index in [4.69, 9.17) is 5.73 Å². The molecule has 0 radical (unpaired) electrons. The van der Waals surface area contributed by atoms with Crippen molar-refractivity contribution in [1.82, 2.24) is 5.32 Å². The number of carbonyl (C=O) groups is 1. The number of nitrogen functional groups attached to an aromatic ring is 1. The van der Waals surface area contributed by atoms with Crippen molar-refractivity contribution in [3.63, 3.8) is 0 Å². The Bertz CT molecular complexity index is 497. The van der Waals surface area contributed by atoms with Gasteiger partial charge in [-0.2, -0.15) is 13.2 Å². The van der Waals surface area contributed by atoms with Crippen molar-refractivity contribution in [1.29, 1.82) is 0 Å². The lowest BCUT2D eigenvalue weighted by atomic mass is 10.1. The van der Waals surface area contributed by atoms with Crippen molar-refractivity contribution in [2.45, 2.75) is 12.6 Å². The van der Waals surface area contributed by atoms with Gasteiger partial charge in [-0.3, -0.25) is 0 Å². The van der Waals surface area contributed by atoms with Crippen LogP contribution in [-0.2, 0) is 4.74 Å². The topological polar surface area (TPSA) is 76.4 Å². The van der Waals surface area contributed by atoms with Gasteiger partial charge in [0, 0.05) is 25.3 Å². The van der Waals surface area contributed by atoms with Crippen LogP contribution in [0.25, 0.3) is 0 Å². The van der Waals surface area contributed by atoms with Crippen LogP contribution in [0, 0.1) is 5.82 Å². The molecule has 0 fully saturated rings. The molecular formula is C13H17F4N3O2. The van der Waals surface area contributed by atoms with Gasteiger partial charge in [0.2, 0.25) is 0 Å². The number of ether oxygens (including phenoxy) is 1. The summed E-state index contributed by atoms with van der Waals surface area (Å²) in [6, 6.07) is 2.42. The number of rotatable bonds is 7. The summed E-state index contributed by atoms with van der Waals surface area (Å²) < 4.78 is 53.9. The van der Waals surface area contributed by atoms with E-state index in [0.29, 0.717) is 5.69 Å². The molecule has 0 aromatic heterocycles. The molecule has 0 aliphatic heterocycles. The number of esters is 1. The SMILES string of the molecule is COC(=O)c1c(N)cc(NCCNCCC(F)(F)F)cc1F. The molecule has 0 amide bonds. The minimum Gasteiger partial charge on any atom is -0.465 e. The molecule has 22 heavy (non-hydrogen) atoms. The van der Waals surface area contributed by atoms with E-state index in [2.05, 4.69) is 15.4 Å². The predicted octanol–water partition coefficient (Wildman–Crippen LogP) is 2.15. The van der Waals surface area contributed by atoms with Crippen molar-refractivity contribution in [2.24, 2.45) is 0 Å². The maximum absolute atomic E-state index is 13.7. The summed E-state index contributed by atoms with van der Waals surface area (Å²) in [5.74, 6) is -1.71. The Hall–Kier alpha value is -2.03. The second kappa shape index (κ2) is 7.83. The van der Waals surface area contributed by atoms with Crippen molar-refractivity contribution >= 4 is 17.3 Å². The molecule has 5 nitrogen and oxygen atoms in total. The number of carbonyl (C=O) groups excluding carboxylic acids is 1. The van der Waals surface area contributed by atoms with E-state index in [-0.39, 0.29) is 30.9 Å². The standard InChI is InChI=1S/C13H17F4N3O2/c1-22-12(21)11-9(14)6-8(7-10(11)18)20-5-4-19-3-2-13(15,16)17/h6-7,19-20H,2-5,18H2,1H3. The molecule has 124 valence electrons. The highest BCUT2D eigenvalue weighted by atomic mass is 19.4. The zero-order valence-corrected chi connectivity index (χ0v) is 11.9. The molecule has 0 saturated carbocycles. The Morgan fingerprint density at radius 3 is 2.50 bits per heavy atom. The highest BCUT2D eigenvalue weighted by Gasteiger charge is 2.25. The number of nitrogens with one attached hydrogen (secondary N) is 2. The lowest BCUT2D eigenvalue weighted by Crippen LogP contribution is -2.26. The first-order valence-corrected chi connectivity index (χ1v) is 6.43. The molecule has 4 N–H and O–H groups in total. The molecule has 0 bridgehead atoms. The van der Waals surface area contributed by atoms with Gasteiger partial charge >= 0.3 is 12.1 Å². The number of hydrogen-bond donors (Lipinski definition) is 3.